The van der Waals surface area contributed by atoms with Gasteiger partial charge in [0.2, 0.25) is 0 Å². The molecule has 0 spiro atoms. The van der Waals surface area contributed by atoms with Gasteiger partial charge >= 0.3 is 11.6 Å². The predicted octanol–water partition coefficient (Wildman–Crippen LogP) is 5.17. The Morgan fingerprint density at radius 1 is 1.17 bits per heavy atom. The van der Waals surface area contributed by atoms with Crippen molar-refractivity contribution in [3.05, 3.63) is 52.3 Å². The van der Waals surface area contributed by atoms with Crippen LogP contribution >= 0.6 is 0 Å². The lowest BCUT2D eigenvalue weighted by Crippen LogP contribution is -2.47. The van der Waals surface area contributed by atoms with Gasteiger partial charge in [-0.1, -0.05) is 11.3 Å². The van der Waals surface area contributed by atoms with Gasteiger partial charge < -0.3 is 23.5 Å². The maximum Gasteiger partial charge on any atom is 0.349 e. The van der Waals surface area contributed by atoms with Gasteiger partial charge in [0.1, 0.15) is 41.2 Å². The number of halogens is 2. The number of fused-ring (bicyclic) bond motifs is 3. The summed E-state index contributed by atoms with van der Waals surface area (Å²) in [5, 5.41) is 11.8. The van der Waals surface area contributed by atoms with Crippen molar-refractivity contribution in [1.82, 2.24) is 30.3 Å². The molecule has 12 nitrogen and oxygen atoms in total. The topological polar surface area (TPSA) is 132 Å². The summed E-state index contributed by atoms with van der Waals surface area (Å²) in [7, 11) is 1.51. The predicted molar refractivity (Wildman–Crippen MR) is 174 cm³/mol. The van der Waals surface area contributed by atoms with E-state index in [0.717, 1.165) is 25.8 Å². The van der Waals surface area contributed by atoms with Crippen LogP contribution in [0.5, 0.6) is 11.8 Å². The van der Waals surface area contributed by atoms with Gasteiger partial charge in [0, 0.05) is 54.7 Å². The molecule has 6 heterocycles. The van der Waals surface area contributed by atoms with Gasteiger partial charge in [0.25, 0.3) is 0 Å². The molecule has 5 aromatic rings. The number of aromatic nitrogens is 5. The average molecular weight is 660 g/mol. The zero-order chi connectivity index (χ0) is 33.2. The van der Waals surface area contributed by atoms with E-state index in [0.29, 0.717) is 58.5 Å². The summed E-state index contributed by atoms with van der Waals surface area (Å²) in [6, 6.07) is 6.66. The van der Waals surface area contributed by atoms with Crippen LogP contribution in [0.1, 0.15) is 38.2 Å². The number of ether oxygens (including phenoxy) is 3. The number of methoxy groups -OCH3 is 1. The second-order valence-electron chi connectivity index (χ2n) is 13.0. The van der Waals surface area contributed by atoms with E-state index in [4.69, 9.17) is 28.6 Å². The molecule has 8 rings (SSSR count). The molecule has 3 fully saturated rings. The Labute approximate surface area is 274 Å². The molecule has 1 N–H and O–H groups in total. The normalized spacial score (nSPS) is 22.4. The van der Waals surface area contributed by atoms with Crippen molar-refractivity contribution in [2.24, 2.45) is 0 Å². The zero-order valence-electron chi connectivity index (χ0n) is 26.9. The van der Waals surface area contributed by atoms with Crippen LogP contribution in [-0.4, -0.2) is 88.2 Å². The standard InChI is InChI=1S/C34H35F2N7O5/c1-18-7-10-43(18)31-28-29(38-33(39-31)46-16-34-8-4-9-42(34)15-21(35)13-34)19(2)30(48-32(28)44)23-12-22(47-17-45-3)11-20-5-6-24(36)27(26(20)23)25-14-37-41-40-25/h5-6,11-12,14,18,21H,4,7-10,13,15-17H2,1-3H3,(H,37,40,41)/t18-,21-,34+/m1/s1. The molecule has 14 heteroatoms. The van der Waals surface area contributed by atoms with E-state index >= 15 is 4.39 Å². The third kappa shape index (κ3) is 4.96. The smallest absolute Gasteiger partial charge is 0.349 e. The van der Waals surface area contributed by atoms with Gasteiger partial charge in [0.15, 0.2) is 12.6 Å². The van der Waals surface area contributed by atoms with E-state index in [9.17, 15) is 9.18 Å². The molecule has 3 aliphatic rings. The lowest BCUT2D eigenvalue weighted by molar-refractivity contribution is 0.0512. The number of H-pyrrole nitrogens is 1. The Morgan fingerprint density at radius 3 is 2.79 bits per heavy atom. The summed E-state index contributed by atoms with van der Waals surface area (Å²) in [6.45, 7) is 6.01. The third-order valence-corrected chi connectivity index (χ3v) is 10.1. The van der Waals surface area contributed by atoms with Crippen LogP contribution in [0.25, 0.3) is 44.3 Å². The molecule has 3 atom stereocenters. The molecule has 0 bridgehead atoms. The minimum atomic E-state index is -0.899. The number of hydrogen-bond acceptors (Lipinski definition) is 11. The van der Waals surface area contributed by atoms with Crippen molar-refractivity contribution >= 4 is 27.5 Å². The molecule has 0 aliphatic carbocycles. The van der Waals surface area contributed by atoms with Crippen molar-refractivity contribution in [3.8, 4) is 34.3 Å². The molecule has 0 saturated carbocycles. The fourth-order valence-electron chi connectivity index (χ4n) is 7.60. The summed E-state index contributed by atoms with van der Waals surface area (Å²) in [5.41, 5.74) is 0.693. The van der Waals surface area contributed by atoms with E-state index < -0.39 is 23.2 Å². The molecule has 3 saturated heterocycles. The second-order valence-corrected chi connectivity index (χ2v) is 13.0. The fourth-order valence-corrected chi connectivity index (χ4v) is 7.60. The number of rotatable bonds is 9. The number of hydrogen-bond donors (Lipinski definition) is 1. The van der Waals surface area contributed by atoms with Crippen molar-refractivity contribution in [2.75, 3.05) is 45.0 Å². The number of nitrogens with zero attached hydrogens (tertiary/aromatic N) is 6. The number of nitrogens with one attached hydrogen (secondary N) is 1. The lowest BCUT2D eigenvalue weighted by Gasteiger charge is -2.40. The highest BCUT2D eigenvalue weighted by Gasteiger charge is 2.49. The number of benzene rings is 2. The van der Waals surface area contributed by atoms with Gasteiger partial charge in [0.05, 0.1) is 17.3 Å². The van der Waals surface area contributed by atoms with Gasteiger partial charge in [-0.3, -0.25) is 10.00 Å². The third-order valence-electron chi connectivity index (χ3n) is 10.1. The van der Waals surface area contributed by atoms with Crippen LogP contribution in [0.2, 0.25) is 0 Å². The highest BCUT2D eigenvalue weighted by molar-refractivity contribution is 6.07. The highest BCUT2D eigenvalue weighted by Crippen LogP contribution is 2.44. The molecule has 3 aromatic heterocycles. The fraction of sp³-hybridized carbons (Fsp3) is 0.441. The minimum Gasteiger partial charge on any atom is -0.468 e. The largest absolute Gasteiger partial charge is 0.468 e. The first kappa shape index (κ1) is 30.6. The zero-order valence-corrected chi connectivity index (χ0v) is 26.9. The van der Waals surface area contributed by atoms with Gasteiger partial charge in [-0.2, -0.15) is 9.97 Å². The van der Waals surface area contributed by atoms with Crippen LogP contribution in [0.3, 0.4) is 0 Å². The summed E-state index contributed by atoms with van der Waals surface area (Å²) in [4.78, 5) is 27.8. The summed E-state index contributed by atoms with van der Waals surface area (Å²) in [5.74, 6) is 0.506. The molecule has 48 heavy (non-hydrogen) atoms. The minimum absolute atomic E-state index is 0.0314. The monoisotopic (exact) mass is 659 g/mol. The van der Waals surface area contributed by atoms with Crippen molar-refractivity contribution in [1.29, 1.82) is 0 Å². The maximum absolute atomic E-state index is 15.6. The first-order chi connectivity index (χ1) is 23.3. The first-order valence-corrected chi connectivity index (χ1v) is 16.2. The molecule has 0 amide bonds. The molecular weight excluding hydrogens is 624 g/mol. The van der Waals surface area contributed by atoms with Gasteiger partial charge in [-0.15, -0.1) is 5.10 Å². The summed E-state index contributed by atoms with van der Waals surface area (Å²) < 4.78 is 53.5. The molecule has 3 aliphatic heterocycles. The maximum atomic E-state index is 15.6. The number of aryl methyl sites for hydroxylation is 1. The van der Waals surface area contributed by atoms with Crippen LogP contribution < -0.4 is 20.0 Å². The Hall–Kier alpha value is -4.69. The molecule has 0 unspecified atom stereocenters. The Kier molecular flexibility index (Phi) is 7.51. The number of aromatic amines is 1. The van der Waals surface area contributed by atoms with Crippen molar-refractivity contribution in [2.45, 2.75) is 57.3 Å². The van der Waals surface area contributed by atoms with E-state index in [1.807, 2.05) is 4.90 Å². The summed E-state index contributed by atoms with van der Waals surface area (Å²) >= 11 is 0. The number of alkyl halides is 1. The van der Waals surface area contributed by atoms with Crippen molar-refractivity contribution in [3.63, 3.8) is 0 Å². The number of anilines is 1. The Balaban J connectivity index is 1.33. The van der Waals surface area contributed by atoms with Crippen LogP contribution in [-0.2, 0) is 4.74 Å². The average Bonchev–Trinajstić information content (AvgIpc) is 3.80. The Bertz CT molecular complexity index is 2090. The quantitative estimate of drug-likeness (QED) is 0.210. The van der Waals surface area contributed by atoms with Gasteiger partial charge in [-0.25, -0.2) is 13.6 Å². The van der Waals surface area contributed by atoms with Crippen LogP contribution in [0.15, 0.2) is 39.7 Å². The highest BCUT2D eigenvalue weighted by atomic mass is 19.1. The SMILES string of the molecule is COCOc1cc(-c2oc(=O)c3c(N4CC[C@H]4C)nc(OC[C@@]45CCCN4C[C@H](F)C5)nc3c2C)c2c(-c3c[nH]nn3)c(F)ccc2c1. The van der Waals surface area contributed by atoms with Crippen LogP contribution in [0, 0.1) is 12.7 Å². The Morgan fingerprint density at radius 2 is 2.04 bits per heavy atom. The van der Waals surface area contributed by atoms with Gasteiger partial charge in [-0.05, 0) is 63.2 Å². The lowest BCUT2D eigenvalue weighted by atomic mass is 9.93. The molecule has 0 radical (unpaired) electrons. The van der Waals surface area contributed by atoms with E-state index in [1.54, 1.807) is 25.1 Å². The molecule has 250 valence electrons. The first-order valence-electron chi connectivity index (χ1n) is 16.2. The van der Waals surface area contributed by atoms with E-state index in [-0.39, 0.29) is 47.9 Å². The molecule has 2 aromatic carbocycles. The van der Waals surface area contributed by atoms with Crippen LogP contribution in [0.4, 0.5) is 14.6 Å². The molecular formula is C34H35F2N7O5. The summed E-state index contributed by atoms with van der Waals surface area (Å²) in [6.07, 6.45) is 3.76. The van der Waals surface area contributed by atoms with Crippen molar-refractivity contribution < 1.29 is 27.4 Å². The van der Waals surface area contributed by atoms with E-state index in [2.05, 4.69) is 27.2 Å². The van der Waals surface area contributed by atoms with E-state index in [1.165, 1.54) is 19.4 Å². The second kappa shape index (κ2) is 11.8.